The maximum absolute atomic E-state index is 13.0. The van der Waals surface area contributed by atoms with Crippen molar-refractivity contribution in [3.8, 4) is 0 Å². The molecule has 1 aromatic carbocycles. The van der Waals surface area contributed by atoms with Crippen molar-refractivity contribution in [2.45, 2.75) is 51.5 Å². The number of nitrogens with zero attached hydrogens (tertiary/aromatic N) is 1. The van der Waals surface area contributed by atoms with Crippen LogP contribution in [0.2, 0.25) is 0 Å². The predicted octanol–water partition coefficient (Wildman–Crippen LogP) is 3.42. The zero-order valence-corrected chi connectivity index (χ0v) is 17.4. The van der Waals surface area contributed by atoms with E-state index in [-0.39, 0.29) is 42.2 Å². The van der Waals surface area contributed by atoms with Crippen molar-refractivity contribution in [3.05, 3.63) is 30.1 Å². The fourth-order valence-electron chi connectivity index (χ4n) is 6.43. The van der Waals surface area contributed by atoms with Crippen molar-refractivity contribution in [1.82, 2.24) is 10.2 Å². The van der Waals surface area contributed by atoms with Crippen LogP contribution in [0.25, 0.3) is 0 Å². The van der Waals surface area contributed by atoms with Gasteiger partial charge in [0, 0.05) is 11.7 Å². The Balaban J connectivity index is 1.25. The van der Waals surface area contributed by atoms with Gasteiger partial charge in [0.1, 0.15) is 5.82 Å². The fraction of sp³-hybridized carbons (Fsp3) is 0.652. The summed E-state index contributed by atoms with van der Waals surface area (Å²) in [6.07, 6.45) is 7.96. The van der Waals surface area contributed by atoms with Crippen molar-refractivity contribution < 1.29 is 14.0 Å². The third-order valence-electron chi connectivity index (χ3n) is 7.34. The number of carbonyl (C=O) groups excluding carboxylic acids is 2. The molecule has 158 valence electrons. The maximum Gasteiger partial charge on any atom is 0.238 e. The van der Waals surface area contributed by atoms with Gasteiger partial charge in [0.25, 0.3) is 0 Å². The minimum Gasteiger partial charge on any atom is -0.352 e. The van der Waals surface area contributed by atoms with Crippen LogP contribution >= 0.6 is 0 Å². The van der Waals surface area contributed by atoms with E-state index in [2.05, 4.69) is 17.6 Å². The number of anilines is 1. The van der Waals surface area contributed by atoms with Crippen molar-refractivity contribution in [3.63, 3.8) is 0 Å². The highest BCUT2D eigenvalue weighted by atomic mass is 19.1. The Kier molecular flexibility index (Phi) is 5.65. The van der Waals surface area contributed by atoms with Crippen LogP contribution in [0.1, 0.15) is 45.4 Å². The molecule has 2 N–H and O–H groups in total. The van der Waals surface area contributed by atoms with Crippen LogP contribution in [0.5, 0.6) is 0 Å². The number of carbonyl (C=O) groups is 2. The number of rotatable bonds is 7. The number of hydrogen-bond donors (Lipinski definition) is 2. The number of hydrogen-bond acceptors (Lipinski definition) is 3. The molecule has 0 heterocycles. The molecular formula is C23H32FN3O2. The summed E-state index contributed by atoms with van der Waals surface area (Å²) in [6, 6.07) is 5.84. The van der Waals surface area contributed by atoms with E-state index in [0.29, 0.717) is 5.69 Å². The molecule has 29 heavy (non-hydrogen) atoms. The van der Waals surface area contributed by atoms with Crippen molar-refractivity contribution in [2.24, 2.45) is 23.2 Å². The summed E-state index contributed by atoms with van der Waals surface area (Å²) in [7, 11) is 1.76. The van der Waals surface area contributed by atoms with Crippen LogP contribution in [0.4, 0.5) is 10.1 Å². The van der Waals surface area contributed by atoms with Gasteiger partial charge in [0.05, 0.1) is 13.1 Å². The second-order valence-corrected chi connectivity index (χ2v) is 9.80. The first-order valence-corrected chi connectivity index (χ1v) is 10.8. The predicted molar refractivity (Wildman–Crippen MR) is 111 cm³/mol. The molecule has 5 nitrogen and oxygen atoms in total. The number of nitrogens with one attached hydrogen (secondary N) is 2. The van der Waals surface area contributed by atoms with Gasteiger partial charge in [-0.15, -0.1) is 0 Å². The Bertz CT molecular complexity index is 729. The summed E-state index contributed by atoms with van der Waals surface area (Å²) in [6.45, 7) is 2.47. The highest BCUT2D eigenvalue weighted by molar-refractivity contribution is 5.92. The third kappa shape index (κ3) is 4.63. The van der Waals surface area contributed by atoms with E-state index in [0.717, 1.165) is 17.8 Å². The van der Waals surface area contributed by atoms with E-state index in [1.54, 1.807) is 11.9 Å². The topological polar surface area (TPSA) is 61.4 Å². The van der Waals surface area contributed by atoms with Gasteiger partial charge in [-0.3, -0.25) is 14.5 Å². The third-order valence-corrected chi connectivity index (χ3v) is 7.34. The van der Waals surface area contributed by atoms with Gasteiger partial charge >= 0.3 is 0 Å². The van der Waals surface area contributed by atoms with E-state index < -0.39 is 0 Å². The smallest absolute Gasteiger partial charge is 0.238 e. The lowest BCUT2D eigenvalue weighted by Gasteiger charge is -2.59. The Hall–Kier alpha value is -1.95. The number of benzene rings is 1. The van der Waals surface area contributed by atoms with E-state index in [9.17, 15) is 14.0 Å². The summed E-state index contributed by atoms with van der Waals surface area (Å²) >= 11 is 0. The largest absolute Gasteiger partial charge is 0.352 e. The van der Waals surface area contributed by atoms with Crippen molar-refractivity contribution in [2.75, 3.05) is 25.5 Å². The molecule has 0 aliphatic heterocycles. The zero-order valence-electron chi connectivity index (χ0n) is 17.4. The number of likely N-dealkylation sites (N-methyl/N-ethyl adjacent to an activating group) is 1. The second-order valence-electron chi connectivity index (χ2n) is 9.80. The Morgan fingerprint density at radius 1 is 1.03 bits per heavy atom. The van der Waals surface area contributed by atoms with Gasteiger partial charge < -0.3 is 10.6 Å². The van der Waals surface area contributed by atoms with Crippen molar-refractivity contribution in [1.29, 1.82) is 0 Å². The number of halogens is 1. The first-order chi connectivity index (χ1) is 13.8. The molecule has 0 saturated heterocycles. The van der Waals surface area contributed by atoms with Crippen molar-refractivity contribution >= 4 is 17.5 Å². The first-order valence-electron chi connectivity index (χ1n) is 10.8. The average Bonchev–Trinajstić information content (AvgIpc) is 2.62. The van der Waals surface area contributed by atoms with Crippen LogP contribution in [-0.2, 0) is 9.59 Å². The molecule has 0 unspecified atom stereocenters. The van der Waals surface area contributed by atoms with Gasteiger partial charge in [-0.25, -0.2) is 4.39 Å². The molecule has 6 heteroatoms. The Labute approximate surface area is 172 Å². The molecule has 2 amide bonds. The summed E-state index contributed by atoms with van der Waals surface area (Å²) in [5.74, 6) is 1.99. The lowest BCUT2D eigenvalue weighted by molar-refractivity contribution is -0.127. The van der Waals surface area contributed by atoms with Crippen LogP contribution < -0.4 is 10.6 Å². The van der Waals surface area contributed by atoms with Crippen LogP contribution in [0.3, 0.4) is 0 Å². The van der Waals surface area contributed by atoms with E-state index in [1.807, 2.05) is 0 Å². The van der Waals surface area contributed by atoms with Crippen LogP contribution in [-0.4, -0.2) is 42.9 Å². The van der Waals surface area contributed by atoms with Gasteiger partial charge in [0.15, 0.2) is 0 Å². The molecule has 4 aliphatic rings. The van der Waals surface area contributed by atoms with E-state index in [1.165, 1.54) is 62.8 Å². The normalized spacial score (nSPS) is 31.0. The molecule has 4 aliphatic carbocycles. The minimum atomic E-state index is -0.343. The Morgan fingerprint density at radius 2 is 1.55 bits per heavy atom. The summed E-state index contributed by atoms with van der Waals surface area (Å²) in [5.41, 5.74) is 0.827. The molecular weight excluding hydrogens is 369 g/mol. The molecule has 0 aromatic heterocycles. The first kappa shape index (κ1) is 20.3. The fourth-order valence-corrected chi connectivity index (χ4v) is 6.43. The quantitative estimate of drug-likeness (QED) is 0.736. The number of amides is 2. The highest BCUT2D eigenvalue weighted by Crippen LogP contribution is 2.61. The second kappa shape index (κ2) is 8.05. The van der Waals surface area contributed by atoms with Crippen LogP contribution in [0, 0.1) is 29.0 Å². The molecule has 4 saturated carbocycles. The van der Waals surface area contributed by atoms with Gasteiger partial charge in [-0.2, -0.15) is 0 Å². The molecule has 0 radical (unpaired) electrons. The van der Waals surface area contributed by atoms with E-state index >= 15 is 0 Å². The Morgan fingerprint density at radius 3 is 2.10 bits per heavy atom. The molecule has 4 bridgehead atoms. The molecule has 4 fully saturated rings. The lowest BCUT2D eigenvalue weighted by Crippen LogP contribution is -2.56. The lowest BCUT2D eigenvalue weighted by atomic mass is 9.48. The van der Waals surface area contributed by atoms with E-state index in [4.69, 9.17) is 0 Å². The zero-order chi connectivity index (χ0) is 20.6. The maximum atomic E-state index is 13.0. The molecule has 1 atom stereocenters. The molecule has 1 aromatic rings. The summed E-state index contributed by atoms with van der Waals surface area (Å²) in [4.78, 5) is 26.5. The van der Waals surface area contributed by atoms with Gasteiger partial charge in [0.2, 0.25) is 11.8 Å². The highest BCUT2D eigenvalue weighted by Gasteiger charge is 2.53. The standard InChI is InChI=1S/C23H32FN3O2/c1-15(23-10-16-7-17(11-23)9-18(8-16)12-23)25-21(28)13-27(2)14-22(29)26-20-5-3-19(24)4-6-20/h3-6,15-18H,7-14H2,1-2H3,(H,25,28)(H,26,29)/t15-,16?,17?,18?,23?/m0/s1. The minimum absolute atomic E-state index is 0.0228. The SMILES string of the molecule is C[C@H](NC(=O)CN(C)CC(=O)Nc1ccc(F)cc1)C12CC3CC(CC(C3)C1)C2. The molecule has 0 spiro atoms. The molecule has 5 rings (SSSR count). The summed E-state index contributed by atoms with van der Waals surface area (Å²) < 4.78 is 13.0. The van der Waals surface area contributed by atoms with Gasteiger partial charge in [-0.05, 0) is 99.9 Å². The average molecular weight is 402 g/mol. The summed E-state index contributed by atoms with van der Waals surface area (Å²) in [5, 5.41) is 5.97. The monoisotopic (exact) mass is 401 g/mol. The van der Waals surface area contributed by atoms with Gasteiger partial charge in [-0.1, -0.05) is 0 Å². The van der Waals surface area contributed by atoms with Crippen LogP contribution in [0.15, 0.2) is 24.3 Å².